The van der Waals surface area contributed by atoms with Crippen molar-refractivity contribution >= 4 is 11.3 Å². The van der Waals surface area contributed by atoms with E-state index in [1.807, 2.05) is 19.4 Å². The van der Waals surface area contributed by atoms with Crippen LogP contribution in [-0.2, 0) is 12.8 Å². The molecule has 0 aliphatic carbocycles. The fourth-order valence-corrected chi connectivity index (χ4v) is 2.85. The van der Waals surface area contributed by atoms with Crippen molar-refractivity contribution in [2.24, 2.45) is 5.41 Å². The van der Waals surface area contributed by atoms with Gasteiger partial charge in [-0.05, 0) is 19.4 Å². The average Bonchev–Trinajstić information content (AvgIpc) is 2.95. The molecule has 0 aromatic carbocycles. The van der Waals surface area contributed by atoms with Crippen LogP contribution < -0.4 is 5.32 Å². The Morgan fingerprint density at radius 1 is 1.35 bits per heavy atom. The molecule has 0 radical (unpaired) electrons. The van der Waals surface area contributed by atoms with Crippen molar-refractivity contribution in [3.05, 3.63) is 27.8 Å². The molecule has 20 heavy (non-hydrogen) atoms. The van der Waals surface area contributed by atoms with Crippen LogP contribution in [0.15, 0.2) is 9.90 Å². The number of aryl methyl sites for hydroxylation is 1. The summed E-state index contributed by atoms with van der Waals surface area (Å²) < 4.78 is 5.35. The average molecular weight is 294 g/mol. The summed E-state index contributed by atoms with van der Waals surface area (Å²) in [6.07, 6.45) is 1.38. The van der Waals surface area contributed by atoms with E-state index < -0.39 is 0 Å². The van der Waals surface area contributed by atoms with Crippen molar-refractivity contribution in [2.45, 2.75) is 46.6 Å². The van der Waals surface area contributed by atoms with Crippen molar-refractivity contribution in [3.63, 3.8) is 0 Å². The molecule has 0 fully saturated rings. The molecule has 1 N–H and O–H groups in total. The Labute approximate surface area is 123 Å². The Morgan fingerprint density at radius 3 is 2.65 bits per heavy atom. The second-order valence-corrected chi connectivity index (χ2v) is 7.02. The Kier molecular flexibility index (Phi) is 4.55. The number of rotatable bonds is 5. The SMILES string of the molecule is CNC(Cc1nc(Cc2nc(C)cs2)no1)C(C)(C)C. The topological polar surface area (TPSA) is 63.8 Å². The molecule has 0 saturated carbocycles. The molecule has 2 heterocycles. The number of hydrogen-bond acceptors (Lipinski definition) is 6. The third-order valence-electron chi connectivity index (χ3n) is 3.26. The zero-order chi connectivity index (χ0) is 14.8. The minimum atomic E-state index is 0.149. The third kappa shape index (κ3) is 3.86. The summed E-state index contributed by atoms with van der Waals surface area (Å²) in [6, 6.07) is 0.304. The number of likely N-dealkylation sites (N-methyl/N-ethyl adjacent to an activating group) is 1. The zero-order valence-corrected chi connectivity index (χ0v) is 13.5. The van der Waals surface area contributed by atoms with Crippen molar-refractivity contribution in [1.82, 2.24) is 20.4 Å². The van der Waals surface area contributed by atoms with Crippen LogP contribution in [0.5, 0.6) is 0 Å². The van der Waals surface area contributed by atoms with Crippen LogP contribution in [0.25, 0.3) is 0 Å². The van der Waals surface area contributed by atoms with Crippen LogP contribution in [-0.4, -0.2) is 28.2 Å². The molecule has 0 bridgehead atoms. The molecule has 110 valence electrons. The fraction of sp³-hybridized carbons (Fsp3) is 0.643. The highest BCUT2D eigenvalue weighted by Gasteiger charge is 2.25. The van der Waals surface area contributed by atoms with E-state index in [4.69, 9.17) is 4.52 Å². The van der Waals surface area contributed by atoms with Crippen LogP contribution in [0.4, 0.5) is 0 Å². The van der Waals surface area contributed by atoms with E-state index in [0.29, 0.717) is 24.2 Å². The van der Waals surface area contributed by atoms with Crippen molar-refractivity contribution < 1.29 is 4.52 Å². The summed E-state index contributed by atoms with van der Waals surface area (Å²) in [5.74, 6) is 1.39. The van der Waals surface area contributed by atoms with Crippen LogP contribution in [0.1, 0.15) is 43.2 Å². The van der Waals surface area contributed by atoms with Crippen molar-refractivity contribution in [1.29, 1.82) is 0 Å². The normalized spacial score (nSPS) is 13.7. The van der Waals surface area contributed by atoms with Gasteiger partial charge < -0.3 is 9.84 Å². The Bertz CT molecular complexity index is 556. The van der Waals surface area contributed by atoms with Gasteiger partial charge >= 0.3 is 0 Å². The summed E-state index contributed by atoms with van der Waals surface area (Å²) in [4.78, 5) is 8.88. The molecular formula is C14H22N4OS. The van der Waals surface area contributed by atoms with E-state index in [1.165, 1.54) is 0 Å². The summed E-state index contributed by atoms with van der Waals surface area (Å²) in [5.41, 5.74) is 1.19. The van der Waals surface area contributed by atoms with E-state index in [-0.39, 0.29) is 5.41 Å². The number of nitrogens with one attached hydrogen (secondary N) is 1. The molecule has 0 amide bonds. The van der Waals surface area contributed by atoms with Gasteiger partial charge in [0.25, 0.3) is 0 Å². The van der Waals surface area contributed by atoms with Crippen LogP contribution in [0.3, 0.4) is 0 Å². The van der Waals surface area contributed by atoms with Gasteiger partial charge in [0.2, 0.25) is 5.89 Å². The van der Waals surface area contributed by atoms with Gasteiger partial charge in [-0.3, -0.25) is 0 Å². The third-order valence-corrected chi connectivity index (χ3v) is 4.23. The molecule has 2 rings (SSSR count). The van der Waals surface area contributed by atoms with Gasteiger partial charge in [-0.2, -0.15) is 4.98 Å². The molecule has 2 aromatic rings. The number of nitrogens with zero attached hydrogens (tertiary/aromatic N) is 3. The van der Waals surface area contributed by atoms with Gasteiger partial charge in [0.05, 0.1) is 6.42 Å². The number of thiazole rings is 1. The largest absolute Gasteiger partial charge is 0.339 e. The predicted molar refractivity (Wildman–Crippen MR) is 80.0 cm³/mol. The van der Waals surface area contributed by atoms with E-state index in [0.717, 1.165) is 17.1 Å². The molecule has 6 heteroatoms. The minimum Gasteiger partial charge on any atom is -0.339 e. The summed E-state index contributed by atoms with van der Waals surface area (Å²) >= 11 is 1.63. The zero-order valence-electron chi connectivity index (χ0n) is 12.7. The van der Waals surface area contributed by atoms with E-state index in [1.54, 1.807) is 11.3 Å². The molecule has 1 atom stereocenters. The molecule has 0 saturated heterocycles. The maximum absolute atomic E-state index is 5.35. The lowest BCUT2D eigenvalue weighted by Crippen LogP contribution is -2.39. The molecule has 5 nitrogen and oxygen atoms in total. The van der Waals surface area contributed by atoms with E-state index in [9.17, 15) is 0 Å². The summed E-state index contributed by atoms with van der Waals surface area (Å²) in [6.45, 7) is 8.58. The maximum Gasteiger partial charge on any atom is 0.228 e. The Hall–Kier alpha value is -1.27. The van der Waals surface area contributed by atoms with Crippen LogP contribution in [0, 0.1) is 12.3 Å². The van der Waals surface area contributed by atoms with E-state index in [2.05, 4.69) is 41.2 Å². The van der Waals surface area contributed by atoms with Gasteiger partial charge in [0, 0.05) is 23.5 Å². The molecule has 0 spiro atoms. The lowest BCUT2D eigenvalue weighted by atomic mass is 9.85. The smallest absolute Gasteiger partial charge is 0.228 e. The molecule has 1 unspecified atom stereocenters. The van der Waals surface area contributed by atoms with Gasteiger partial charge in [0.1, 0.15) is 5.01 Å². The number of aromatic nitrogens is 3. The van der Waals surface area contributed by atoms with Gasteiger partial charge in [-0.15, -0.1) is 11.3 Å². The second kappa shape index (κ2) is 6.01. The quantitative estimate of drug-likeness (QED) is 0.918. The highest BCUT2D eigenvalue weighted by Crippen LogP contribution is 2.22. The standard InChI is InChI=1S/C14H22N4OS/c1-9-8-20-13(16-9)7-11-17-12(19-18-11)6-10(15-5)14(2,3)4/h8,10,15H,6-7H2,1-5H3. The van der Waals surface area contributed by atoms with E-state index >= 15 is 0 Å². The molecule has 0 aliphatic rings. The first kappa shape index (κ1) is 15.1. The second-order valence-electron chi connectivity index (χ2n) is 6.08. The highest BCUT2D eigenvalue weighted by atomic mass is 32.1. The lowest BCUT2D eigenvalue weighted by molar-refractivity contribution is 0.255. The van der Waals surface area contributed by atoms with Gasteiger partial charge in [0.15, 0.2) is 5.82 Å². The molecular weight excluding hydrogens is 272 g/mol. The molecule has 0 aliphatic heterocycles. The van der Waals surface area contributed by atoms with Gasteiger partial charge in [-0.25, -0.2) is 4.98 Å². The highest BCUT2D eigenvalue weighted by molar-refractivity contribution is 7.09. The Morgan fingerprint density at radius 2 is 2.10 bits per heavy atom. The Balaban J connectivity index is 2.01. The minimum absolute atomic E-state index is 0.149. The maximum atomic E-state index is 5.35. The van der Waals surface area contributed by atoms with Crippen LogP contribution >= 0.6 is 11.3 Å². The van der Waals surface area contributed by atoms with Crippen molar-refractivity contribution in [2.75, 3.05) is 7.05 Å². The lowest BCUT2D eigenvalue weighted by Gasteiger charge is -2.29. The van der Waals surface area contributed by atoms with Crippen molar-refractivity contribution in [3.8, 4) is 0 Å². The first-order valence-electron chi connectivity index (χ1n) is 6.78. The first-order valence-corrected chi connectivity index (χ1v) is 7.66. The first-order chi connectivity index (χ1) is 9.38. The summed E-state index contributed by atoms with van der Waals surface area (Å²) in [5, 5.41) is 10.4. The fourth-order valence-electron chi connectivity index (χ4n) is 2.08. The molecule has 2 aromatic heterocycles. The number of hydrogen-bond donors (Lipinski definition) is 1. The van der Waals surface area contributed by atoms with Crippen LogP contribution in [0.2, 0.25) is 0 Å². The van der Waals surface area contributed by atoms with Gasteiger partial charge in [-0.1, -0.05) is 25.9 Å². The summed E-state index contributed by atoms with van der Waals surface area (Å²) in [7, 11) is 1.96. The monoisotopic (exact) mass is 294 g/mol. The predicted octanol–water partition coefficient (Wildman–Crippen LogP) is 2.60.